The normalized spacial score (nSPS) is 32.1. The summed E-state index contributed by atoms with van der Waals surface area (Å²) >= 11 is 0. The first kappa shape index (κ1) is 10.4. The van der Waals surface area contributed by atoms with Crippen molar-refractivity contribution in [3.8, 4) is 0 Å². The molecule has 0 aliphatic carbocycles. The molecule has 0 aromatic rings. The van der Waals surface area contributed by atoms with Crippen molar-refractivity contribution in [2.45, 2.75) is 51.1 Å². The van der Waals surface area contributed by atoms with Crippen molar-refractivity contribution in [2.75, 3.05) is 19.7 Å². The second-order valence-corrected chi connectivity index (χ2v) is 4.43. The molecule has 2 saturated heterocycles. The molecule has 3 nitrogen and oxygen atoms in total. The van der Waals surface area contributed by atoms with Crippen LogP contribution in [0.15, 0.2) is 0 Å². The first-order chi connectivity index (χ1) is 6.97. The molecule has 14 heavy (non-hydrogen) atoms. The maximum absolute atomic E-state index is 5.41. The fraction of sp³-hybridized carbons (Fsp3) is 1.00. The van der Waals surface area contributed by atoms with Gasteiger partial charge in [-0.15, -0.1) is 0 Å². The van der Waals surface area contributed by atoms with Crippen molar-refractivity contribution in [3.05, 3.63) is 0 Å². The Morgan fingerprint density at radius 2 is 1.71 bits per heavy atom. The Balaban J connectivity index is 1.83. The summed E-state index contributed by atoms with van der Waals surface area (Å²) in [5.74, 6) is 0. The first-order valence-electron chi connectivity index (χ1n) is 6.08. The average Bonchev–Trinajstić information content (AvgIpc) is 2.62. The van der Waals surface area contributed by atoms with Crippen LogP contribution in [0.4, 0.5) is 0 Å². The number of hydroxylamine groups is 1. The zero-order valence-electron chi connectivity index (χ0n) is 9.00. The summed E-state index contributed by atoms with van der Waals surface area (Å²) in [5.41, 5.74) is 3.20. The van der Waals surface area contributed by atoms with E-state index in [2.05, 4.69) is 10.4 Å². The molecule has 2 heterocycles. The van der Waals surface area contributed by atoms with Crippen LogP contribution in [0.25, 0.3) is 0 Å². The van der Waals surface area contributed by atoms with Gasteiger partial charge in [0.15, 0.2) is 0 Å². The Bertz CT molecular complexity index is 129. The van der Waals surface area contributed by atoms with Crippen molar-refractivity contribution in [1.29, 1.82) is 0 Å². The van der Waals surface area contributed by atoms with Gasteiger partial charge in [-0.2, -0.15) is 5.48 Å². The van der Waals surface area contributed by atoms with Gasteiger partial charge < -0.3 is 4.84 Å². The van der Waals surface area contributed by atoms with E-state index in [1.54, 1.807) is 0 Å². The number of hydrogen-bond acceptors (Lipinski definition) is 3. The summed E-state index contributed by atoms with van der Waals surface area (Å²) in [7, 11) is 0. The molecule has 2 aliphatic rings. The molecule has 0 spiro atoms. The Morgan fingerprint density at radius 3 is 2.50 bits per heavy atom. The molecule has 2 rings (SSSR count). The van der Waals surface area contributed by atoms with Crippen molar-refractivity contribution in [1.82, 2.24) is 10.4 Å². The predicted molar refractivity (Wildman–Crippen MR) is 56.8 cm³/mol. The van der Waals surface area contributed by atoms with Crippen LogP contribution < -0.4 is 5.48 Å². The van der Waals surface area contributed by atoms with Crippen LogP contribution in [0.1, 0.15) is 44.9 Å². The molecule has 0 saturated carbocycles. The van der Waals surface area contributed by atoms with Crippen molar-refractivity contribution in [3.63, 3.8) is 0 Å². The van der Waals surface area contributed by atoms with E-state index in [1.807, 2.05) is 0 Å². The number of rotatable bonds is 1. The highest BCUT2D eigenvalue weighted by molar-refractivity contribution is 4.71. The van der Waals surface area contributed by atoms with E-state index >= 15 is 0 Å². The van der Waals surface area contributed by atoms with Gasteiger partial charge in [-0.1, -0.05) is 12.8 Å². The highest BCUT2D eigenvalue weighted by Crippen LogP contribution is 2.16. The van der Waals surface area contributed by atoms with E-state index in [0.29, 0.717) is 6.17 Å². The first-order valence-corrected chi connectivity index (χ1v) is 6.08. The third-order valence-electron chi connectivity index (χ3n) is 3.27. The average molecular weight is 198 g/mol. The lowest BCUT2D eigenvalue weighted by atomic mass is 10.2. The summed E-state index contributed by atoms with van der Waals surface area (Å²) in [6.45, 7) is 3.38. The summed E-state index contributed by atoms with van der Waals surface area (Å²) in [5, 5.41) is 0. The standard InChI is InChI=1S/C11H22N2O/c1-2-5-9-13(8-4-1)11-7-3-6-10-14-12-11/h11-12H,1-10H2. The minimum absolute atomic E-state index is 0.482. The zero-order valence-corrected chi connectivity index (χ0v) is 9.00. The van der Waals surface area contributed by atoms with Gasteiger partial charge in [0, 0.05) is 0 Å². The van der Waals surface area contributed by atoms with Gasteiger partial charge in [-0.3, -0.25) is 4.90 Å². The Labute approximate surface area is 86.8 Å². The van der Waals surface area contributed by atoms with Gasteiger partial charge in [0.2, 0.25) is 0 Å². The lowest BCUT2D eigenvalue weighted by Gasteiger charge is -2.29. The topological polar surface area (TPSA) is 24.5 Å². The van der Waals surface area contributed by atoms with Crippen LogP contribution in [-0.2, 0) is 4.84 Å². The summed E-state index contributed by atoms with van der Waals surface area (Å²) in [4.78, 5) is 7.98. The monoisotopic (exact) mass is 198 g/mol. The van der Waals surface area contributed by atoms with E-state index in [1.165, 1.54) is 58.0 Å². The van der Waals surface area contributed by atoms with Crippen LogP contribution in [0, 0.1) is 0 Å². The molecule has 2 fully saturated rings. The van der Waals surface area contributed by atoms with E-state index in [-0.39, 0.29) is 0 Å². The van der Waals surface area contributed by atoms with Crippen molar-refractivity contribution in [2.24, 2.45) is 0 Å². The number of nitrogens with zero attached hydrogens (tertiary/aromatic N) is 1. The largest absolute Gasteiger partial charge is 0.300 e. The van der Waals surface area contributed by atoms with Crippen LogP contribution in [0.2, 0.25) is 0 Å². The molecule has 82 valence electrons. The van der Waals surface area contributed by atoms with Crippen LogP contribution in [0.5, 0.6) is 0 Å². The summed E-state index contributed by atoms with van der Waals surface area (Å²) < 4.78 is 0. The lowest BCUT2D eigenvalue weighted by molar-refractivity contribution is -0.0209. The van der Waals surface area contributed by atoms with Crippen molar-refractivity contribution < 1.29 is 4.84 Å². The SMILES string of the molecule is C1CCCN(C2CCCCON2)CC1. The maximum Gasteiger partial charge on any atom is 0.0837 e. The zero-order chi connectivity index (χ0) is 9.64. The van der Waals surface area contributed by atoms with Crippen LogP contribution in [-0.4, -0.2) is 30.8 Å². The van der Waals surface area contributed by atoms with Gasteiger partial charge in [0.1, 0.15) is 0 Å². The Kier molecular flexibility index (Phi) is 4.22. The summed E-state index contributed by atoms with van der Waals surface area (Å²) in [6.07, 6.45) is 9.77. The molecular weight excluding hydrogens is 176 g/mol. The van der Waals surface area contributed by atoms with Crippen LogP contribution in [0.3, 0.4) is 0 Å². The molecule has 2 aliphatic heterocycles. The predicted octanol–water partition coefficient (Wildman–Crippen LogP) is 1.89. The lowest BCUT2D eigenvalue weighted by Crippen LogP contribution is -2.45. The molecule has 0 aromatic carbocycles. The molecule has 1 unspecified atom stereocenters. The smallest absolute Gasteiger partial charge is 0.0837 e. The highest BCUT2D eigenvalue weighted by Gasteiger charge is 2.20. The van der Waals surface area contributed by atoms with Crippen molar-refractivity contribution >= 4 is 0 Å². The third-order valence-corrected chi connectivity index (χ3v) is 3.27. The fourth-order valence-corrected chi connectivity index (χ4v) is 2.39. The minimum atomic E-state index is 0.482. The molecule has 1 atom stereocenters. The van der Waals surface area contributed by atoms with E-state index in [9.17, 15) is 0 Å². The molecule has 0 radical (unpaired) electrons. The third kappa shape index (κ3) is 2.94. The number of nitrogens with one attached hydrogen (secondary N) is 1. The second kappa shape index (κ2) is 5.69. The van der Waals surface area contributed by atoms with Gasteiger partial charge in [0.25, 0.3) is 0 Å². The molecule has 0 bridgehead atoms. The second-order valence-electron chi connectivity index (χ2n) is 4.43. The Hall–Kier alpha value is -0.120. The molecule has 0 aromatic heterocycles. The van der Waals surface area contributed by atoms with Gasteiger partial charge >= 0.3 is 0 Å². The quantitative estimate of drug-likeness (QED) is 0.696. The molecule has 0 amide bonds. The van der Waals surface area contributed by atoms with E-state index in [0.717, 1.165) is 6.61 Å². The van der Waals surface area contributed by atoms with Gasteiger partial charge in [0.05, 0.1) is 12.8 Å². The van der Waals surface area contributed by atoms with E-state index in [4.69, 9.17) is 4.84 Å². The highest BCUT2D eigenvalue weighted by atomic mass is 16.6. The van der Waals surface area contributed by atoms with Crippen LogP contribution >= 0.6 is 0 Å². The number of likely N-dealkylation sites (tertiary alicyclic amines) is 1. The molecule has 1 N–H and O–H groups in total. The van der Waals surface area contributed by atoms with Gasteiger partial charge in [-0.05, 0) is 45.2 Å². The fourth-order valence-electron chi connectivity index (χ4n) is 2.39. The summed E-state index contributed by atoms with van der Waals surface area (Å²) in [6, 6.07) is 0. The molecule has 3 heteroatoms. The van der Waals surface area contributed by atoms with Gasteiger partial charge in [-0.25, -0.2) is 0 Å². The van der Waals surface area contributed by atoms with E-state index < -0.39 is 0 Å². The Morgan fingerprint density at radius 1 is 0.929 bits per heavy atom. The minimum Gasteiger partial charge on any atom is -0.300 e. The maximum atomic E-state index is 5.41. The number of hydrogen-bond donors (Lipinski definition) is 1. The molecular formula is C11H22N2O.